The van der Waals surface area contributed by atoms with Crippen molar-refractivity contribution in [3.05, 3.63) is 17.0 Å². The van der Waals surface area contributed by atoms with Crippen molar-refractivity contribution in [2.75, 3.05) is 31.6 Å². The van der Waals surface area contributed by atoms with Crippen LogP contribution in [0.4, 0.5) is 5.82 Å². The summed E-state index contributed by atoms with van der Waals surface area (Å²) in [5, 5.41) is 3.87. The number of hydrogen-bond donors (Lipinski definition) is 1. The van der Waals surface area contributed by atoms with Crippen LogP contribution in [-0.2, 0) is 11.3 Å². The lowest BCUT2D eigenvalue weighted by Gasteiger charge is -2.29. The summed E-state index contributed by atoms with van der Waals surface area (Å²) in [6.45, 7) is 8.59. The Bertz CT molecular complexity index is 438. The second-order valence-corrected chi connectivity index (χ2v) is 5.92. The lowest BCUT2D eigenvalue weighted by atomic mass is 10.1. The van der Waals surface area contributed by atoms with Gasteiger partial charge in [-0.15, -0.1) is 0 Å². The maximum Gasteiger partial charge on any atom is 0.158 e. The molecule has 118 valence electrons. The molecule has 0 saturated carbocycles. The summed E-state index contributed by atoms with van der Waals surface area (Å²) < 4.78 is 5.34. The van der Waals surface area contributed by atoms with Gasteiger partial charge in [0.05, 0.1) is 0 Å². The number of nitrogens with one attached hydrogen (secondary N) is 1. The van der Waals surface area contributed by atoms with Crippen LogP contribution in [0, 0.1) is 0 Å². The van der Waals surface area contributed by atoms with Gasteiger partial charge in [0.1, 0.15) is 17.6 Å². The van der Waals surface area contributed by atoms with Gasteiger partial charge in [-0.1, -0.05) is 18.0 Å². The van der Waals surface area contributed by atoms with E-state index in [2.05, 4.69) is 27.1 Å². The van der Waals surface area contributed by atoms with E-state index < -0.39 is 0 Å². The van der Waals surface area contributed by atoms with Crippen molar-refractivity contribution in [2.24, 2.45) is 0 Å². The van der Waals surface area contributed by atoms with Crippen LogP contribution in [0.1, 0.15) is 38.9 Å². The molecule has 5 nitrogen and oxygen atoms in total. The first-order chi connectivity index (χ1) is 10.2. The number of nitrogens with zero attached hydrogens (tertiary/aromatic N) is 3. The topological polar surface area (TPSA) is 50.3 Å². The Morgan fingerprint density at radius 1 is 1.33 bits per heavy atom. The van der Waals surface area contributed by atoms with E-state index in [1.165, 1.54) is 32.4 Å². The minimum absolute atomic E-state index is 0.328. The monoisotopic (exact) mass is 312 g/mol. The Morgan fingerprint density at radius 3 is 2.81 bits per heavy atom. The van der Waals surface area contributed by atoms with Gasteiger partial charge >= 0.3 is 0 Å². The van der Waals surface area contributed by atoms with E-state index in [0.717, 1.165) is 12.4 Å². The molecule has 1 aliphatic heterocycles. The fourth-order valence-corrected chi connectivity index (χ4v) is 2.82. The number of rotatable bonds is 7. The van der Waals surface area contributed by atoms with Crippen molar-refractivity contribution in [3.63, 3.8) is 0 Å². The zero-order valence-corrected chi connectivity index (χ0v) is 13.7. The highest BCUT2D eigenvalue weighted by molar-refractivity contribution is 6.29. The van der Waals surface area contributed by atoms with Gasteiger partial charge in [0.2, 0.25) is 0 Å². The molecule has 1 unspecified atom stereocenters. The zero-order chi connectivity index (χ0) is 15.1. The maximum absolute atomic E-state index is 6.05. The van der Waals surface area contributed by atoms with Crippen LogP contribution in [-0.4, -0.2) is 47.2 Å². The van der Waals surface area contributed by atoms with Crippen LogP contribution in [0.2, 0.25) is 5.15 Å². The van der Waals surface area contributed by atoms with Gasteiger partial charge in [0.25, 0.3) is 0 Å². The van der Waals surface area contributed by atoms with Crippen molar-refractivity contribution in [1.29, 1.82) is 0 Å². The fourth-order valence-electron chi connectivity index (χ4n) is 2.62. The summed E-state index contributed by atoms with van der Waals surface area (Å²) in [6, 6.07) is 2.10. The molecule has 1 fully saturated rings. The fraction of sp³-hybridized carbons (Fsp3) is 0.733. The van der Waals surface area contributed by atoms with Crippen LogP contribution in [0.15, 0.2) is 6.07 Å². The summed E-state index contributed by atoms with van der Waals surface area (Å²) in [5.74, 6) is 1.39. The van der Waals surface area contributed by atoms with Crippen LogP contribution >= 0.6 is 11.6 Å². The third-order valence-electron chi connectivity index (χ3n) is 3.55. The molecule has 0 spiro atoms. The predicted molar refractivity (Wildman–Crippen MR) is 85.7 cm³/mol. The largest absolute Gasteiger partial charge is 0.374 e. The highest BCUT2D eigenvalue weighted by Crippen LogP contribution is 2.14. The number of aromatic nitrogens is 2. The second-order valence-electron chi connectivity index (χ2n) is 5.54. The van der Waals surface area contributed by atoms with E-state index in [1.54, 1.807) is 6.07 Å². The van der Waals surface area contributed by atoms with Crippen LogP contribution in [0.3, 0.4) is 0 Å². The standard InChI is InChI=1S/C15H25ClN4O/c1-3-21-11-15-18-13(16)9-14(19-15)17-12(2)10-20-7-5-4-6-8-20/h9,12H,3-8,10-11H2,1-2H3,(H,17,18,19). The van der Waals surface area contributed by atoms with Gasteiger partial charge < -0.3 is 15.0 Å². The molecule has 0 bridgehead atoms. The van der Waals surface area contributed by atoms with Gasteiger partial charge in [-0.3, -0.25) is 0 Å². The minimum Gasteiger partial charge on any atom is -0.374 e. The van der Waals surface area contributed by atoms with Gasteiger partial charge in [0.15, 0.2) is 5.82 Å². The van der Waals surface area contributed by atoms with Crippen molar-refractivity contribution < 1.29 is 4.74 Å². The molecule has 0 aromatic carbocycles. The second kappa shape index (κ2) is 8.51. The first-order valence-electron chi connectivity index (χ1n) is 7.77. The molecule has 1 aliphatic rings. The van der Waals surface area contributed by atoms with Crippen LogP contribution in [0.25, 0.3) is 0 Å². The smallest absolute Gasteiger partial charge is 0.158 e. The average Bonchev–Trinajstić information content (AvgIpc) is 2.45. The van der Waals surface area contributed by atoms with E-state index in [0.29, 0.717) is 30.2 Å². The molecule has 1 atom stereocenters. The molecule has 0 amide bonds. The van der Waals surface area contributed by atoms with Gasteiger partial charge in [-0.05, 0) is 39.8 Å². The van der Waals surface area contributed by atoms with Gasteiger partial charge in [-0.25, -0.2) is 9.97 Å². The first-order valence-corrected chi connectivity index (χ1v) is 8.15. The Kier molecular flexibility index (Phi) is 6.67. The van der Waals surface area contributed by atoms with Crippen molar-refractivity contribution >= 4 is 17.4 Å². The number of likely N-dealkylation sites (tertiary alicyclic amines) is 1. The number of piperidine rings is 1. The van der Waals surface area contributed by atoms with Crippen LogP contribution in [0.5, 0.6) is 0 Å². The normalized spacial score (nSPS) is 17.7. The Hall–Kier alpha value is -0.910. The molecular weight excluding hydrogens is 288 g/mol. The Labute approximate surface area is 132 Å². The Balaban J connectivity index is 1.89. The quantitative estimate of drug-likeness (QED) is 0.784. The molecule has 0 aliphatic carbocycles. The number of halogens is 1. The molecule has 2 rings (SSSR count). The summed E-state index contributed by atoms with van der Waals surface area (Å²) in [5.41, 5.74) is 0. The maximum atomic E-state index is 6.05. The van der Waals surface area contributed by atoms with Crippen molar-refractivity contribution in [2.45, 2.75) is 45.8 Å². The van der Waals surface area contributed by atoms with Crippen LogP contribution < -0.4 is 5.32 Å². The van der Waals surface area contributed by atoms with E-state index >= 15 is 0 Å². The highest BCUT2D eigenvalue weighted by atomic mass is 35.5. The third kappa shape index (κ3) is 5.77. The predicted octanol–water partition coefficient (Wildman–Crippen LogP) is 2.95. The summed E-state index contributed by atoms with van der Waals surface area (Å²) in [4.78, 5) is 11.1. The average molecular weight is 313 g/mol. The minimum atomic E-state index is 0.328. The molecule has 21 heavy (non-hydrogen) atoms. The lowest BCUT2D eigenvalue weighted by Crippen LogP contribution is -2.38. The van der Waals surface area contributed by atoms with E-state index in [-0.39, 0.29) is 0 Å². The molecule has 1 N–H and O–H groups in total. The Morgan fingerprint density at radius 2 is 2.10 bits per heavy atom. The van der Waals surface area contributed by atoms with Crippen molar-refractivity contribution in [3.8, 4) is 0 Å². The highest BCUT2D eigenvalue weighted by Gasteiger charge is 2.14. The van der Waals surface area contributed by atoms with E-state index in [4.69, 9.17) is 16.3 Å². The SMILES string of the molecule is CCOCc1nc(Cl)cc(NC(C)CN2CCCCC2)n1. The number of ether oxygens (including phenoxy) is 1. The molecule has 0 radical (unpaired) electrons. The zero-order valence-electron chi connectivity index (χ0n) is 12.9. The van der Waals surface area contributed by atoms with Gasteiger partial charge in [0, 0.05) is 25.3 Å². The van der Waals surface area contributed by atoms with Crippen molar-refractivity contribution in [1.82, 2.24) is 14.9 Å². The van der Waals surface area contributed by atoms with E-state index in [1.807, 2.05) is 6.92 Å². The molecule has 2 heterocycles. The molecule has 1 saturated heterocycles. The molecule has 6 heteroatoms. The van der Waals surface area contributed by atoms with E-state index in [9.17, 15) is 0 Å². The van der Waals surface area contributed by atoms with Gasteiger partial charge in [-0.2, -0.15) is 0 Å². The molecule has 1 aromatic heterocycles. The molecule has 1 aromatic rings. The number of hydrogen-bond acceptors (Lipinski definition) is 5. The molecular formula is C15H25ClN4O. The summed E-state index contributed by atoms with van der Waals surface area (Å²) >= 11 is 6.05. The number of anilines is 1. The lowest BCUT2D eigenvalue weighted by molar-refractivity contribution is 0.128. The summed E-state index contributed by atoms with van der Waals surface area (Å²) in [6.07, 6.45) is 3.98. The third-order valence-corrected chi connectivity index (χ3v) is 3.75. The summed E-state index contributed by atoms with van der Waals surface area (Å²) in [7, 11) is 0. The first kappa shape index (κ1) is 16.5.